The Morgan fingerprint density at radius 2 is 0.603 bits per heavy atom. The summed E-state index contributed by atoms with van der Waals surface area (Å²) in [4.78, 5) is 34.8. The minimum atomic E-state index is -0.604. The number of benzene rings is 4. The van der Waals surface area contributed by atoms with Crippen LogP contribution in [0.1, 0.15) is 0 Å². The normalized spacial score (nSPS) is 12.0. The van der Waals surface area contributed by atoms with E-state index >= 15 is 0 Å². The summed E-state index contributed by atoms with van der Waals surface area (Å²) >= 11 is 0. The number of carbonyl (C=O) groups excluding carboxylic acids is 3. The predicted octanol–water partition coefficient (Wildman–Crippen LogP) is 6.40. The van der Waals surface area contributed by atoms with Gasteiger partial charge in [-0.25, -0.2) is 14.4 Å². The Labute approximate surface area is 367 Å². The number of carbonyl (C=O) groups is 3. The lowest BCUT2D eigenvalue weighted by Gasteiger charge is -2.22. The zero-order valence-electron chi connectivity index (χ0n) is 35.1. The lowest BCUT2D eigenvalue weighted by Crippen LogP contribution is -2.31. The van der Waals surface area contributed by atoms with Gasteiger partial charge in [-0.1, -0.05) is 74.3 Å². The Morgan fingerprint density at radius 1 is 0.365 bits per heavy atom. The van der Waals surface area contributed by atoms with Crippen molar-refractivity contribution < 1.29 is 71.2 Å². The second-order valence-electron chi connectivity index (χ2n) is 13.0. The van der Waals surface area contributed by atoms with Crippen LogP contribution in [0, 0.1) is 0 Å². The first-order valence-electron chi connectivity index (χ1n) is 20.1. The van der Waals surface area contributed by atoms with Gasteiger partial charge in [0, 0.05) is 36.4 Å². The van der Waals surface area contributed by atoms with Crippen LogP contribution in [0.25, 0.3) is 0 Å². The minimum Gasteiger partial charge on any atom is -0.491 e. The van der Waals surface area contributed by atoms with Crippen molar-refractivity contribution >= 4 is 17.9 Å². The van der Waals surface area contributed by atoms with E-state index in [9.17, 15) is 14.4 Å². The van der Waals surface area contributed by atoms with Crippen LogP contribution in [-0.2, 0) is 42.8 Å². The first-order chi connectivity index (χ1) is 30.8. The predicted molar refractivity (Wildman–Crippen MR) is 231 cm³/mol. The maximum atomic E-state index is 11.6. The molecule has 0 aliphatic heterocycles. The highest BCUT2D eigenvalue weighted by atomic mass is 16.6. The van der Waals surface area contributed by atoms with Crippen LogP contribution in [0.15, 0.2) is 147 Å². The van der Waals surface area contributed by atoms with Crippen LogP contribution in [0.4, 0.5) is 0 Å². The number of rotatable bonds is 33. The van der Waals surface area contributed by atoms with Gasteiger partial charge in [0.25, 0.3) is 0 Å². The molecule has 15 heteroatoms. The molecule has 3 unspecified atom stereocenters. The maximum Gasteiger partial charge on any atom is 0.330 e. The van der Waals surface area contributed by atoms with Crippen molar-refractivity contribution in [1.29, 1.82) is 0 Å². The highest BCUT2D eigenvalue weighted by Crippen LogP contribution is 2.29. The van der Waals surface area contributed by atoms with Crippen molar-refractivity contribution in [2.75, 3.05) is 79.3 Å². The summed E-state index contributed by atoms with van der Waals surface area (Å²) in [5, 5.41) is 0. The molecule has 0 saturated heterocycles. The molecule has 0 bridgehead atoms. The molecule has 0 radical (unpaired) electrons. The van der Waals surface area contributed by atoms with E-state index in [-0.39, 0.29) is 79.3 Å². The van der Waals surface area contributed by atoms with Crippen molar-refractivity contribution in [1.82, 2.24) is 0 Å². The largest absolute Gasteiger partial charge is 0.491 e. The van der Waals surface area contributed by atoms with Crippen molar-refractivity contribution in [3.8, 4) is 34.5 Å². The fraction of sp³-hybridized carbons (Fsp3) is 0.312. The van der Waals surface area contributed by atoms with Crippen molar-refractivity contribution in [3.05, 3.63) is 147 Å². The van der Waals surface area contributed by atoms with Crippen LogP contribution < -0.4 is 28.4 Å². The molecular formula is C48H54O15. The minimum absolute atomic E-state index is 0.00414. The standard InChI is InChI=1S/C48H54O15/c1-4-46(49)55-25-22-52-43(31-58-37-16-10-7-11-17-37)34-61-40-28-41(62-35-44(53-23-26-56-47(50)5-2)32-59-38-18-12-8-13-19-38)30-42(29-40)63-36-45(54-24-27-57-48(51)6-3)33-60-39-20-14-9-15-21-39/h4-21,28-30,43-45H,1-3,22-27,31-36H2. The summed E-state index contributed by atoms with van der Waals surface area (Å²) in [5.74, 6) is 1.27. The van der Waals surface area contributed by atoms with E-state index in [4.69, 9.17) is 56.8 Å². The van der Waals surface area contributed by atoms with Gasteiger partial charge in [-0.15, -0.1) is 0 Å². The topological polar surface area (TPSA) is 162 Å². The van der Waals surface area contributed by atoms with Gasteiger partial charge in [0.2, 0.25) is 0 Å². The van der Waals surface area contributed by atoms with Crippen molar-refractivity contribution in [3.63, 3.8) is 0 Å². The van der Waals surface area contributed by atoms with E-state index in [0.29, 0.717) is 34.5 Å². The Morgan fingerprint density at radius 3 is 0.841 bits per heavy atom. The molecule has 4 aromatic carbocycles. The Hall–Kier alpha value is -6.81. The quantitative estimate of drug-likeness (QED) is 0.0224. The van der Waals surface area contributed by atoms with Gasteiger partial charge in [-0.05, 0) is 36.4 Å². The average Bonchev–Trinajstić information content (AvgIpc) is 3.32. The molecule has 63 heavy (non-hydrogen) atoms. The average molecular weight is 871 g/mol. The first kappa shape index (κ1) is 48.9. The number of esters is 3. The number of para-hydroxylation sites is 3. The molecule has 3 atom stereocenters. The van der Waals surface area contributed by atoms with Crippen molar-refractivity contribution in [2.24, 2.45) is 0 Å². The first-order valence-corrected chi connectivity index (χ1v) is 20.1. The Balaban J connectivity index is 1.52. The molecule has 4 aromatic rings. The van der Waals surface area contributed by atoms with Gasteiger partial charge in [0.05, 0.1) is 19.8 Å². The summed E-state index contributed by atoms with van der Waals surface area (Å²) < 4.78 is 70.0. The number of hydrogen-bond donors (Lipinski definition) is 0. The van der Waals surface area contributed by atoms with E-state index in [1.54, 1.807) is 18.2 Å². The van der Waals surface area contributed by atoms with E-state index in [1.165, 1.54) is 0 Å². The molecular weight excluding hydrogens is 817 g/mol. The van der Waals surface area contributed by atoms with Gasteiger partial charge < -0.3 is 56.8 Å². The second-order valence-corrected chi connectivity index (χ2v) is 13.0. The SMILES string of the molecule is C=CC(=O)OCCOC(COc1ccccc1)COc1cc(OCC(COc2ccccc2)OCCOC(=O)C=C)cc(OCC(COc2ccccc2)OCCOC(=O)C=C)c1. The fourth-order valence-electron chi connectivity index (χ4n) is 5.16. The third-order valence-electron chi connectivity index (χ3n) is 8.24. The van der Waals surface area contributed by atoms with Gasteiger partial charge >= 0.3 is 17.9 Å². The number of ether oxygens (including phenoxy) is 12. The van der Waals surface area contributed by atoms with Gasteiger partial charge in [0.15, 0.2) is 0 Å². The summed E-state index contributed by atoms with van der Waals surface area (Å²) in [6.45, 7) is 10.8. The summed E-state index contributed by atoms with van der Waals surface area (Å²) in [6.07, 6.45) is 1.41. The molecule has 4 rings (SSSR count). The van der Waals surface area contributed by atoms with Crippen LogP contribution in [0.2, 0.25) is 0 Å². The molecule has 0 fully saturated rings. The van der Waals surface area contributed by atoms with Gasteiger partial charge in [0.1, 0.15) is 112 Å². The zero-order chi connectivity index (χ0) is 44.7. The fourth-order valence-corrected chi connectivity index (χ4v) is 5.16. The molecule has 0 aromatic heterocycles. The zero-order valence-corrected chi connectivity index (χ0v) is 35.1. The molecule has 0 saturated carbocycles. The summed E-state index contributed by atoms with van der Waals surface area (Å²) in [6, 6.07) is 32.7. The lowest BCUT2D eigenvalue weighted by atomic mass is 10.3. The van der Waals surface area contributed by atoms with Crippen molar-refractivity contribution in [2.45, 2.75) is 18.3 Å². The van der Waals surface area contributed by atoms with Gasteiger partial charge in [-0.2, -0.15) is 0 Å². The monoisotopic (exact) mass is 870 g/mol. The lowest BCUT2D eigenvalue weighted by molar-refractivity contribution is -0.141. The van der Waals surface area contributed by atoms with Gasteiger partial charge in [-0.3, -0.25) is 0 Å². The molecule has 0 aliphatic rings. The van der Waals surface area contributed by atoms with Crippen LogP contribution in [0.3, 0.4) is 0 Å². The Kier molecular flexibility index (Phi) is 22.8. The van der Waals surface area contributed by atoms with Crippen LogP contribution in [0.5, 0.6) is 34.5 Å². The highest BCUT2D eigenvalue weighted by Gasteiger charge is 2.18. The molecule has 0 N–H and O–H groups in total. The third-order valence-corrected chi connectivity index (χ3v) is 8.24. The van der Waals surface area contributed by atoms with Crippen LogP contribution >= 0.6 is 0 Å². The molecule has 0 aliphatic carbocycles. The smallest absolute Gasteiger partial charge is 0.330 e. The molecule has 15 nitrogen and oxygen atoms in total. The van der Waals surface area contributed by atoms with E-state index in [0.717, 1.165) is 18.2 Å². The highest BCUT2D eigenvalue weighted by molar-refractivity contribution is 5.81. The molecule has 336 valence electrons. The molecule has 0 heterocycles. The number of hydrogen-bond acceptors (Lipinski definition) is 15. The molecule has 0 spiro atoms. The maximum absolute atomic E-state index is 11.6. The Bertz CT molecular complexity index is 1710. The summed E-state index contributed by atoms with van der Waals surface area (Å²) in [7, 11) is 0. The van der Waals surface area contributed by atoms with Crippen LogP contribution in [-0.4, -0.2) is 116 Å². The second kappa shape index (κ2) is 29.4. The summed E-state index contributed by atoms with van der Waals surface area (Å²) in [5.41, 5.74) is 0. The molecule has 0 amide bonds. The third kappa shape index (κ3) is 21.0. The van der Waals surface area contributed by atoms with E-state index < -0.39 is 36.2 Å². The van der Waals surface area contributed by atoms with E-state index in [2.05, 4.69) is 19.7 Å². The van der Waals surface area contributed by atoms with E-state index in [1.807, 2.05) is 91.0 Å².